The normalized spacial score (nSPS) is 11.0. The molecule has 112 valence electrons. The van der Waals surface area contributed by atoms with Crippen LogP contribution in [-0.4, -0.2) is 18.1 Å². The van der Waals surface area contributed by atoms with Crippen molar-refractivity contribution >= 4 is 27.8 Å². The molecule has 4 rings (SSSR count). The predicted molar refractivity (Wildman–Crippen MR) is 88.3 cm³/mol. The number of pyridine rings is 1. The number of rotatable bonds is 2. The van der Waals surface area contributed by atoms with E-state index >= 15 is 0 Å². The predicted octanol–water partition coefficient (Wildman–Crippen LogP) is 4.43. The number of carbonyl (C=O) groups excluding carboxylic acids is 1. The van der Waals surface area contributed by atoms with Gasteiger partial charge in [-0.25, -0.2) is 4.79 Å². The van der Waals surface area contributed by atoms with E-state index in [1.807, 2.05) is 42.5 Å². The molecule has 2 heterocycles. The summed E-state index contributed by atoms with van der Waals surface area (Å²) < 4.78 is 10.9. The monoisotopic (exact) mass is 303 g/mol. The lowest BCUT2D eigenvalue weighted by Crippen LogP contribution is -2.02. The van der Waals surface area contributed by atoms with Crippen molar-refractivity contribution in [2.45, 2.75) is 0 Å². The van der Waals surface area contributed by atoms with E-state index in [0.29, 0.717) is 16.9 Å². The molecular weight excluding hydrogens is 290 g/mol. The van der Waals surface area contributed by atoms with Crippen molar-refractivity contribution in [3.05, 3.63) is 66.4 Å². The van der Waals surface area contributed by atoms with Crippen LogP contribution < -0.4 is 0 Å². The van der Waals surface area contributed by atoms with E-state index in [-0.39, 0.29) is 5.97 Å². The number of esters is 1. The molecular formula is C19H13NO3. The fraction of sp³-hybridized carbons (Fsp3) is 0.0526. The first-order chi connectivity index (χ1) is 11.3. The lowest BCUT2D eigenvalue weighted by Gasteiger charge is -2.04. The highest BCUT2D eigenvalue weighted by molar-refractivity contribution is 6.04. The molecule has 0 unspecified atom stereocenters. The molecule has 2 aromatic heterocycles. The zero-order valence-corrected chi connectivity index (χ0v) is 12.4. The Hall–Kier alpha value is -3.14. The van der Waals surface area contributed by atoms with Gasteiger partial charge in [0.05, 0.1) is 18.2 Å². The van der Waals surface area contributed by atoms with Crippen LogP contribution in [-0.2, 0) is 4.74 Å². The number of nitrogens with zero attached hydrogens (tertiary/aromatic N) is 1. The van der Waals surface area contributed by atoms with Gasteiger partial charge in [-0.05, 0) is 24.3 Å². The van der Waals surface area contributed by atoms with Crippen LogP contribution in [0.1, 0.15) is 10.4 Å². The molecule has 2 aromatic carbocycles. The van der Waals surface area contributed by atoms with E-state index in [9.17, 15) is 4.79 Å². The molecule has 4 aromatic rings. The van der Waals surface area contributed by atoms with Crippen LogP contribution in [0.15, 0.2) is 65.2 Å². The SMILES string of the molecule is COC(=O)c1ccccc1-c1cc2cnc3ccccc3c2o1. The number of hydrogen-bond acceptors (Lipinski definition) is 4. The standard InChI is InChI=1S/C19H13NO3/c1-22-19(21)14-7-3-2-6-13(14)17-10-12-11-20-16-9-5-4-8-15(16)18(12)23-17/h2-11H,1H3. The van der Waals surface area contributed by atoms with Gasteiger partial charge in [0.15, 0.2) is 0 Å². The molecule has 0 saturated carbocycles. The fourth-order valence-corrected chi connectivity index (χ4v) is 2.75. The van der Waals surface area contributed by atoms with Gasteiger partial charge in [-0.3, -0.25) is 4.98 Å². The number of methoxy groups -OCH3 is 1. The number of furan rings is 1. The largest absolute Gasteiger partial charge is 0.465 e. The van der Waals surface area contributed by atoms with E-state index < -0.39 is 0 Å². The molecule has 0 N–H and O–H groups in total. The van der Waals surface area contributed by atoms with Gasteiger partial charge in [0.25, 0.3) is 0 Å². The summed E-state index contributed by atoms with van der Waals surface area (Å²) in [5.41, 5.74) is 2.83. The third-order valence-corrected chi connectivity index (χ3v) is 3.85. The molecule has 0 amide bonds. The topological polar surface area (TPSA) is 52.3 Å². The molecule has 0 fully saturated rings. The number of benzene rings is 2. The van der Waals surface area contributed by atoms with Gasteiger partial charge in [-0.2, -0.15) is 0 Å². The Morgan fingerprint density at radius 1 is 1.09 bits per heavy atom. The molecule has 0 aliphatic heterocycles. The van der Waals surface area contributed by atoms with Gasteiger partial charge in [0.1, 0.15) is 11.3 Å². The Balaban J connectivity index is 1.97. The summed E-state index contributed by atoms with van der Waals surface area (Å²) in [6.07, 6.45) is 1.78. The number of carbonyl (C=O) groups is 1. The molecule has 4 nitrogen and oxygen atoms in total. The van der Waals surface area contributed by atoms with Crippen LogP contribution in [0, 0.1) is 0 Å². The summed E-state index contributed by atoms with van der Waals surface area (Å²) in [7, 11) is 1.37. The number of aromatic nitrogens is 1. The summed E-state index contributed by atoms with van der Waals surface area (Å²) in [4.78, 5) is 16.4. The van der Waals surface area contributed by atoms with Crippen molar-refractivity contribution < 1.29 is 13.9 Å². The zero-order chi connectivity index (χ0) is 15.8. The van der Waals surface area contributed by atoms with Gasteiger partial charge >= 0.3 is 5.97 Å². The Bertz CT molecular complexity index is 1030. The number of hydrogen-bond donors (Lipinski definition) is 0. The second kappa shape index (κ2) is 5.25. The Morgan fingerprint density at radius 2 is 1.87 bits per heavy atom. The number of ether oxygens (including phenoxy) is 1. The highest BCUT2D eigenvalue weighted by Gasteiger charge is 2.16. The molecule has 4 heteroatoms. The molecule has 0 bridgehead atoms. The molecule has 0 atom stereocenters. The first-order valence-corrected chi connectivity index (χ1v) is 7.23. The second-order valence-corrected chi connectivity index (χ2v) is 5.21. The maximum absolute atomic E-state index is 12.0. The summed E-state index contributed by atoms with van der Waals surface area (Å²) in [5, 5.41) is 1.85. The maximum atomic E-state index is 12.0. The zero-order valence-electron chi connectivity index (χ0n) is 12.4. The lowest BCUT2D eigenvalue weighted by atomic mass is 10.1. The van der Waals surface area contributed by atoms with Crippen molar-refractivity contribution in [1.82, 2.24) is 4.98 Å². The summed E-state index contributed by atoms with van der Waals surface area (Å²) in [6.45, 7) is 0. The summed E-state index contributed by atoms with van der Waals surface area (Å²) >= 11 is 0. The summed E-state index contributed by atoms with van der Waals surface area (Å²) in [5.74, 6) is 0.239. The van der Waals surface area contributed by atoms with Crippen molar-refractivity contribution in [1.29, 1.82) is 0 Å². The number of para-hydroxylation sites is 1. The van der Waals surface area contributed by atoms with Crippen LogP contribution in [0.5, 0.6) is 0 Å². The minimum atomic E-state index is -0.385. The van der Waals surface area contributed by atoms with Crippen LogP contribution >= 0.6 is 0 Å². The fourth-order valence-electron chi connectivity index (χ4n) is 2.75. The minimum absolute atomic E-state index is 0.385. The Morgan fingerprint density at radius 3 is 2.74 bits per heavy atom. The quantitative estimate of drug-likeness (QED) is 0.514. The second-order valence-electron chi connectivity index (χ2n) is 5.21. The van der Waals surface area contributed by atoms with Gasteiger partial charge in [0, 0.05) is 22.5 Å². The summed E-state index contributed by atoms with van der Waals surface area (Å²) in [6, 6.07) is 17.0. The van der Waals surface area contributed by atoms with Crippen LogP contribution in [0.2, 0.25) is 0 Å². The third kappa shape index (κ3) is 2.16. The van der Waals surface area contributed by atoms with E-state index in [2.05, 4.69) is 4.98 Å². The van der Waals surface area contributed by atoms with Crippen molar-refractivity contribution in [2.24, 2.45) is 0 Å². The van der Waals surface area contributed by atoms with E-state index in [1.165, 1.54) is 7.11 Å². The van der Waals surface area contributed by atoms with Gasteiger partial charge in [-0.15, -0.1) is 0 Å². The van der Waals surface area contributed by atoms with Crippen molar-refractivity contribution in [3.63, 3.8) is 0 Å². The van der Waals surface area contributed by atoms with Gasteiger partial charge < -0.3 is 9.15 Å². The van der Waals surface area contributed by atoms with Crippen LogP contribution in [0.25, 0.3) is 33.2 Å². The average Bonchev–Trinajstić information content (AvgIpc) is 3.05. The number of fused-ring (bicyclic) bond motifs is 3. The smallest absolute Gasteiger partial charge is 0.338 e. The molecule has 0 aliphatic carbocycles. The van der Waals surface area contributed by atoms with Gasteiger partial charge in [0.2, 0.25) is 0 Å². The van der Waals surface area contributed by atoms with Crippen LogP contribution in [0.3, 0.4) is 0 Å². The van der Waals surface area contributed by atoms with E-state index in [1.54, 1.807) is 18.3 Å². The molecule has 0 radical (unpaired) electrons. The third-order valence-electron chi connectivity index (χ3n) is 3.85. The highest BCUT2D eigenvalue weighted by atomic mass is 16.5. The molecule has 23 heavy (non-hydrogen) atoms. The highest BCUT2D eigenvalue weighted by Crippen LogP contribution is 2.33. The Kier molecular flexibility index (Phi) is 3.08. The van der Waals surface area contributed by atoms with Crippen LogP contribution in [0.4, 0.5) is 0 Å². The Labute approximate surface area is 132 Å². The maximum Gasteiger partial charge on any atom is 0.338 e. The van der Waals surface area contributed by atoms with Crippen molar-refractivity contribution in [2.75, 3.05) is 7.11 Å². The first kappa shape index (κ1) is 13.5. The molecule has 0 saturated heterocycles. The van der Waals surface area contributed by atoms with E-state index in [4.69, 9.17) is 9.15 Å². The lowest BCUT2D eigenvalue weighted by molar-refractivity contribution is 0.0601. The average molecular weight is 303 g/mol. The van der Waals surface area contributed by atoms with E-state index in [0.717, 1.165) is 21.9 Å². The molecule has 0 spiro atoms. The first-order valence-electron chi connectivity index (χ1n) is 7.23. The molecule has 0 aliphatic rings. The van der Waals surface area contributed by atoms with Gasteiger partial charge in [-0.1, -0.05) is 30.3 Å². The van der Waals surface area contributed by atoms with Crippen molar-refractivity contribution in [3.8, 4) is 11.3 Å². The minimum Gasteiger partial charge on any atom is -0.465 e.